The standard InChI is InChI=1S/C12H20N4O.C9H10O.CH3NO/c1-9-2-3-10-4-6-15(7-5-13)8-11(14)12(17)16(9)10;1-2-6-9-8(4-1)5-3-7-10-9;2-1-3/h9-11H,2-4,6-8,14H2,1H3;1-2,4,6H,3,5,7H2;1H,(H2,2,3)/t9?,10-,11?;;/m1../s1. The minimum atomic E-state index is -0.480. The van der Waals surface area contributed by atoms with E-state index in [0.29, 0.717) is 25.2 Å². The van der Waals surface area contributed by atoms with Crippen LogP contribution in [0.4, 0.5) is 0 Å². The molecule has 2 amide bonds. The quantitative estimate of drug-likeness (QED) is 0.521. The molecule has 2 saturated heterocycles. The number of ether oxygens (including phenoxy) is 1. The molecule has 1 aromatic rings. The Morgan fingerprint density at radius 2 is 2.03 bits per heavy atom. The highest BCUT2D eigenvalue weighted by Crippen LogP contribution is 2.28. The maximum Gasteiger partial charge on any atom is 0.241 e. The number of nitriles is 1. The average molecular weight is 416 g/mol. The third kappa shape index (κ3) is 6.44. The van der Waals surface area contributed by atoms with E-state index in [1.165, 1.54) is 12.0 Å². The largest absolute Gasteiger partial charge is 0.493 e. The van der Waals surface area contributed by atoms with Crippen molar-refractivity contribution in [1.29, 1.82) is 5.26 Å². The first-order valence-corrected chi connectivity index (χ1v) is 10.5. The van der Waals surface area contributed by atoms with Crippen LogP contribution in [0.1, 0.15) is 38.2 Å². The summed E-state index contributed by atoms with van der Waals surface area (Å²) >= 11 is 0. The summed E-state index contributed by atoms with van der Waals surface area (Å²) in [7, 11) is 0. The fourth-order valence-corrected chi connectivity index (χ4v) is 4.26. The van der Waals surface area contributed by atoms with Gasteiger partial charge in [0.15, 0.2) is 0 Å². The van der Waals surface area contributed by atoms with Crippen LogP contribution >= 0.6 is 0 Å². The van der Waals surface area contributed by atoms with E-state index in [1.54, 1.807) is 0 Å². The zero-order valence-corrected chi connectivity index (χ0v) is 17.7. The van der Waals surface area contributed by atoms with E-state index in [-0.39, 0.29) is 12.3 Å². The van der Waals surface area contributed by atoms with Gasteiger partial charge in [-0.2, -0.15) is 5.26 Å². The van der Waals surface area contributed by atoms with Crippen molar-refractivity contribution in [2.75, 3.05) is 26.2 Å². The molecule has 4 N–H and O–H groups in total. The molecule has 4 rings (SSSR count). The third-order valence-corrected chi connectivity index (χ3v) is 5.71. The van der Waals surface area contributed by atoms with Crippen molar-refractivity contribution in [3.05, 3.63) is 29.8 Å². The summed E-state index contributed by atoms with van der Waals surface area (Å²) < 4.78 is 5.42. The second kappa shape index (κ2) is 12.2. The molecule has 3 heterocycles. The first kappa shape index (κ1) is 23.6. The molecule has 0 bridgehead atoms. The molecule has 30 heavy (non-hydrogen) atoms. The third-order valence-electron chi connectivity index (χ3n) is 5.71. The molecule has 0 radical (unpaired) electrons. The molecule has 2 fully saturated rings. The summed E-state index contributed by atoms with van der Waals surface area (Å²) in [6, 6.07) is 10.6. The van der Waals surface area contributed by atoms with Crippen LogP contribution in [-0.4, -0.2) is 66.5 Å². The lowest BCUT2D eigenvalue weighted by Gasteiger charge is -2.36. The number of amides is 2. The van der Waals surface area contributed by atoms with Gasteiger partial charge < -0.3 is 21.1 Å². The maximum absolute atomic E-state index is 12.2. The number of nitrogens with zero attached hydrogens (tertiary/aromatic N) is 3. The van der Waals surface area contributed by atoms with Gasteiger partial charge in [-0.1, -0.05) is 18.2 Å². The van der Waals surface area contributed by atoms with E-state index < -0.39 is 6.04 Å². The molecule has 3 atom stereocenters. The number of para-hydroxylation sites is 1. The molecule has 0 spiro atoms. The van der Waals surface area contributed by atoms with Crippen molar-refractivity contribution in [3.8, 4) is 11.8 Å². The summed E-state index contributed by atoms with van der Waals surface area (Å²) in [6.07, 6.45) is 5.69. The second-order valence-electron chi connectivity index (χ2n) is 7.81. The summed E-state index contributed by atoms with van der Waals surface area (Å²) in [5.41, 5.74) is 11.5. The minimum Gasteiger partial charge on any atom is -0.493 e. The van der Waals surface area contributed by atoms with Crippen molar-refractivity contribution < 1.29 is 14.3 Å². The van der Waals surface area contributed by atoms with Gasteiger partial charge in [0, 0.05) is 25.2 Å². The molecule has 3 aliphatic rings. The average Bonchev–Trinajstić information content (AvgIpc) is 3.12. The Bertz CT molecular complexity index is 711. The Balaban J connectivity index is 0.000000208. The number of benzene rings is 1. The zero-order valence-electron chi connectivity index (χ0n) is 17.7. The molecule has 164 valence electrons. The highest BCUT2D eigenvalue weighted by atomic mass is 16.5. The SMILES string of the molecule is CC1CC[C@@H]2CCN(CC#N)CC(N)C(=O)N12.NC=O.c1ccc2c(c1)CCCO2. The summed E-state index contributed by atoms with van der Waals surface area (Å²) in [5.74, 6) is 1.14. The van der Waals surface area contributed by atoms with E-state index in [4.69, 9.17) is 20.5 Å². The van der Waals surface area contributed by atoms with Gasteiger partial charge in [0.2, 0.25) is 12.3 Å². The number of carbonyl (C=O) groups is 2. The van der Waals surface area contributed by atoms with Gasteiger partial charge in [0.05, 0.1) is 25.3 Å². The van der Waals surface area contributed by atoms with Crippen LogP contribution < -0.4 is 16.2 Å². The van der Waals surface area contributed by atoms with E-state index in [0.717, 1.165) is 44.6 Å². The van der Waals surface area contributed by atoms with Gasteiger partial charge in [-0.15, -0.1) is 0 Å². The molecule has 3 aliphatic heterocycles. The van der Waals surface area contributed by atoms with Gasteiger partial charge in [0.1, 0.15) is 5.75 Å². The van der Waals surface area contributed by atoms with Crippen molar-refractivity contribution in [2.24, 2.45) is 11.5 Å². The normalized spacial score (nSPS) is 25.4. The molecule has 2 unspecified atom stereocenters. The highest BCUT2D eigenvalue weighted by Gasteiger charge is 2.38. The number of hydrogen-bond donors (Lipinski definition) is 2. The fourth-order valence-electron chi connectivity index (χ4n) is 4.26. The molecule has 8 heteroatoms. The lowest BCUT2D eigenvalue weighted by Crippen LogP contribution is -2.55. The Morgan fingerprint density at radius 1 is 1.30 bits per heavy atom. The summed E-state index contributed by atoms with van der Waals surface area (Å²) in [5, 5.41) is 8.73. The predicted octanol–water partition coefficient (Wildman–Crippen LogP) is 1.04. The Kier molecular flexibility index (Phi) is 9.58. The van der Waals surface area contributed by atoms with Crippen LogP contribution in [0.5, 0.6) is 5.75 Å². The zero-order chi connectivity index (χ0) is 21.9. The van der Waals surface area contributed by atoms with E-state index in [9.17, 15) is 4.79 Å². The first-order valence-electron chi connectivity index (χ1n) is 10.5. The Labute approximate surface area is 178 Å². The van der Waals surface area contributed by atoms with Gasteiger partial charge >= 0.3 is 0 Å². The van der Waals surface area contributed by atoms with E-state index in [1.807, 2.05) is 21.9 Å². The predicted molar refractivity (Wildman–Crippen MR) is 114 cm³/mol. The van der Waals surface area contributed by atoms with Crippen molar-refractivity contribution >= 4 is 12.3 Å². The number of fused-ring (bicyclic) bond motifs is 2. The van der Waals surface area contributed by atoms with Gasteiger partial charge in [-0.05, 0) is 50.7 Å². The van der Waals surface area contributed by atoms with Crippen LogP contribution in [-0.2, 0) is 16.0 Å². The maximum atomic E-state index is 12.2. The Morgan fingerprint density at radius 3 is 2.73 bits per heavy atom. The lowest BCUT2D eigenvalue weighted by atomic mass is 10.1. The number of rotatable bonds is 1. The van der Waals surface area contributed by atoms with E-state index >= 15 is 0 Å². The number of hydrogen-bond acceptors (Lipinski definition) is 6. The molecule has 8 nitrogen and oxygen atoms in total. The lowest BCUT2D eigenvalue weighted by molar-refractivity contribution is -0.136. The molecule has 0 saturated carbocycles. The second-order valence-corrected chi connectivity index (χ2v) is 7.81. The van der Waals surface area contributed by atoms with Crippen molar-refractivity contribution in [2.45, 2.75) is 57.2 Å². The number of carbonyl (C=O) groups excluding carboxylic acids is 2. The molecule has 0 aromatic heterocycles. The minimum absolute atomic E-state index is 0.0580. The summed E-state index contributed by atoms with van der Waals surface area (Å²) in [6.45, 7) is 4.71. The fraction of sp³-hybridized carbons (Fsp3) is 0.591. The first-order chi connectivity index (χ1) is 14.5. The summed E-state index contributed by atoms with van der Waals surface area (Å²) in [4.78, 5) is 24.8. The van der Waals surface area contributed by atoms with Crippen LogP contribution in [0.3, 0.4) is 0 Å². The van der Waals surface area contributed by atoms with Crippen LogP contribution in [0.25, 0.3) is 0 Å². The smallest absolute Gasteiger partial charge is 0.241 e. The van der Waals surface area contributed by atoms with Gasteiger partial charge in [0.25, 0.3) is 0 Å². The number of aryl methyl sites for hydroxylation is 1. The monoisotopic (exact) mass is 415 g/mol. The highest BCUT2D eigenvalue weighted by molar-refractivity contribution is 5.83. The van der Waals surface area contributed by atoms with Crippen molar-refractivity contribution in [1.82, 2.24) is 9.80 Å². The number of primary amides is 1. The van der Waals surface area contributed by atoms with Crippen molar-refractivity contribution in [3.63, 3.8) is 0 Å². The number of nitrogens with two attached hydrogens (primary N) is 2. The van der Waals surface area contributed by atoms with Crippen LogP contribution in [0.15, 0.2) is 24.3 Å². The van der Waals surface area contributed by atoms with Gasteiger partial charge in [-0.3, -0.25) is 14.5 Å². The molecule has 0 aliphatic carbocycles. The topological polar surface area (TPSA) is 126 Å². The van der Waals surface area contributed by atoms with Crippen LogP contribution in [0.2, 0.25) is 0 Å². The van der Waals surface area contributed by atoms with Gasteiger partial charge in [-0.25, -0.2) is 0 Å². The van der Waals surface area contributed by atoms with Crippen LogP contribution in [0, 0.1) is 11.3 Å². The van der Waals surface area contributed by atoms with E-state index in [2.05, 4.69) is 30.9 Å². The molecule has 1 aromatic carbocycles. The molecular weight excluding hydrogens is 382 g/mol. The Hall–Kier alpha value is -2.63. The molecular formula is C22H33N5O3.